The number of hydrogen-bond donors (Lipinski definition) is 0. The summed E-state index contributed by atoms with van der Waals surface area (Å²) in [5.74, 6) is 0. The second-order valence-electron chi connectivity index (χ2n) is 7.48. The van der Waals surface area contributed by atoms with Crippen molar-refractivity contribution in [1.29, 1.82) is 0 Å². The molecule has 2 rings (SSSR count). The highest BCUT2D eigenvalue weighted by molar-refractivity contribution is 6.65. The highest BCUT2D eigenvalue weighted by atomic mass is 19.4. The van der Waals surface area contributed by atoms with Crippen LogP contribution in [0.4, 0.5) is 39.5 Å². The molecule has 1 aromatic rings. The zero-order chi connectivity index (χ0) is 27.7. The Bertz CT molecular complexity index is 617. The van der Waals surface area contributed by atoms with Crippen LogP contribution in [-0.2, 0) is 11.3 Å². The minimum atomic E-state index is -6.36. The third-order valence-corrected chi connectivity index (χ3v) is 4.05. The Hall–Kier alpha value is -2.06. The van der Waals surface area contributed by atoms with Crippen molar-refractivity contribution in [3.8, 4) is 0 Å². The summed E-state index contributed by atoms with van der Waals surface area (Å²) in [6, 6.07) is 0. The fourth-order valence-corrected chi connectivity index (χ4v) is 2.41. The van der Waals surface area contributed by atoms with Crippen molar-refractivity contribution in [3.05, 3.63) is 31.1 Å². The van der Waals surface area contributed by atoms with Crippen molar-refractivity contribution in [2.75, 3.05) is 34.5 Å². The van der Waals surface area contributed by atoms with Crippen molar-refractivity contribution < 1.29 is 44.3 Å². The van der Waals surface area contributed by atoms with Crippen LogP contribution in [0.2, 0.25) is 0 Å². The van der Waals surface area contributed by atoms with Crippen LogP contribution < -0.4 is 0 Å². The van der Waals surface area contributed by atoms with Crippen molar-refractivity contribution in [2.45, 2.75) is 64.3 Å². The average molecular weight is 528 g/mol. The second kappa shape index (κ2) is 17.4. The molecule has 2 heterocycles. The van der Waals surface area contributed by atoms with Gasteiger partial charge in [0.05, 0.1) is 13.0 Å². The van der Waals surface area contributed by atoms with Crippen LogP contribution in [0.3, 0.4) is 0 Å². The largest absolute Gasteiger partial charge is 0.521 e. The fourth-order valence-electron chi connectivity index (χ4n) is 2.41. The third kappa shape index (κ3) is 18.0. The lowest BCUT2D eigenvalue weighted by Crippen LogP contribution is -2.57. The van der Waals surface area contributed by atoms with Gasteiger partial charge in [-0.15, -0.1) is 0 Å². The Balaban J connectivity index is 0. The van der Waals surface area contributed by atoms with Gasteiger partial charge in [0, 0.05) is 59.2 Å². The standard InChI is InChI=1S/C8H16N2.C7H12N2.C3BF9.C2H6O/c1-3-4-5-10-7-6-9(2)8-10;1-2-3-5-9-6-4-8-7-9;5-1(6,7)4(2(8,9)10)3(11,12)13;1-3-2/h6-7H,3-5,8H2,1-2H3;4,6-7H,2-3,5H2,1H3;;1-2H3. The van der Waals surface area contributed by atoms with E-state index in [4.69, 9.17) is 0 Å². The van der Waals surface area contributed by atoms with E-state index in [1.807, 2.05) is 18.7 Å². The lowest BCUT2D eigenvalue weighted by molar-refractivity contribution is -0.151. The molecule has 0 saturated heterocycles. The molecule has 0 radical (unpaired) electrons. The topological polar surface area (TPSA) is 33.5 Å². The molecule has 1 aliphatic heterocycles. The van der Waals surface area contributed by atoms with Gasteiger partial charge in [-0.1, -0.05) is 26.7 Å². The summed E-state index contributed by atoms with van der Waals surface area (Å²) in [5.41, 5.74) is 0. The van der Waals surface area contributed by atoms with Crippen LogP contribution in [0.5, 0.6) is 0 Å². The van der Waals surface area contributed by atoms with E-state index in [-0.39, 0.29) is 0 Å². The Kier molecular flexibility index (Phi) is 17.4. The molecule has 206 valence electrons. The molecule has 0 bridgehead atoms. The maximum atomic E-state index is 11.3. The van der Waals surface area contributed by atoms with E-state index < -0.39 is 24.9 Å². The molecule has 0 N–H and O–H groups in total. The Morgan fingerprint density at radius 3 is 1.57 bits per heavy atom. The summed E-state index contributed by atoms with van der Waals surface area (Å²) in [6.45, 7) is 2.53. The van der Waals surface area contributed by atoms with Gasteiger partial charge in [-0.3, -0.25) is 0 Å². The Morgan fingerprint density at radius 1 is 0.829 bits per heavy atom. The van der Waals surface area contributed by atoms with E-state index in [0.29, 0.717) is 0 Å². The number of nitrogens with zero attached hydrogens (tertiary/aromatic N) is 4. The first-order valence-electron chi connectivity index (χ1n) is 10.7. The van der Waals surface area contributed by atoms with Crippen LogP contribution in [-0.4, -0.2) is 78.8 Å². The minimum absolute atomic E-state index is 1.07. The van der Waals surface area contributed by atoms with E-state index in [2.05, 4.69) is 57.4 Å². The van der Waals surface area contributed by atoms with E-state index in [1.165, 1.54) is 32.2 Å². The molecule has 0 amide bonds. The highest BCUT2D eigenvalue weighted by Crippen LogP contribution is 2.40. The lowest BCUT2D eigenvalue weighted by atomic mass is 9.47. The van der Waals surface area contributed by atoms with Gasteiger partial charge in [0.2, 0.25) is 0 Å². The van der Waals surface area contributed by atoms with Crippen LogP contribution in [0, 0.1) is 0 Å². The average Bonchev–Trinajstić information content (AvgIpc) is 3.34. The molecule has 0 unspecified atom stereocenters. The normalized spacial score (nSPS) is 13.3. The summed E-state index contributed by atoms with van der Waals surface area (Å²) < 4.78 is 108. The highest BCUT2D eigenvalue weighted by Gasteiger charge is 2.75. The maximum absolute atomic E-state index is 11.3. The number of halogens is 9. The molecule has 0 fully saturated rings. The van der Waals surface area contributed by atoms with Gasteiger partial charge < -0.3 is 19.1 Å². The number of methoxy groups -OCH3 is 1. The van der Waals surface area contributed by atoms with Gasteiger partial charge >= 0.3 is 24.9 Å². The molecule has 0 atom stereocenters. The number of imidazole rings is 1. The predicted octanol–water partition coefficient (Wildman–Crippen LogP) is 6.19. The van der Waals surface area contributed by atoms with E-state index >= 15 is 0 Å². The van der Waals surface area contributed by atoms with Crippen molar-refractivity contribution in [3.63, 3.8) is 0 Å². The quantitative estimate of drug-likeness (QED) is 0.326. The minimum Gasteiger partial charge on any atom is -0.388 e. The summed E-state index contributed by atoms with van der Waals surface area (Å²) in [4.78, 5) is 8.46. The molecule has 35 heavy (non-hydrogen) atoms. The first-order valence-corrected chi connectivity index (χ1v) is 10.7. The molecular formula is C20H34BF9N4O. The fraction of sp³-hybridized carbons (Fsp3) is 0.750. The summed E-state index contributed by atoms with van der Waals surface area (Å²) in [6.07, 6.45) is -4.06. The number of ether oxygens (including phenoxy) is 1. The Morgan fingerprint density at radius 2 is 1.29 bits per heavy atom. The SMILES string of the molecule is CCCCN1C=CN(C)C1.CCCCn1ccnc1.COC.FC(F)(F)B(C(F)(F)F)C(F)(F)F. The van der Waals surface area contributed by atoms with E-state index in [9.17, 15) is 39.5 Å². The number of unbranched alkanes of at least 4 members (excludes halogenated alkanes) is 2. The molecule has 1 aliphatic rings. The van der Waals surface area contributed by atoms with Crippen LogP contribution in [0.25, 0.3) is 0 Å². The third-order valence-electron chi connectivity index (χ3n) is 4.05. The van der Waals surface area contributed by atoms with E-state index in [1.54, 1.807) is 14.2 Å². The molecule has 15 heteroatoms. The zero-order valence-corrected chi connectivity index (χ0v) is 20.5. The summed E-state index contributed by atoms with van der Waals surface area (Å²) in [7, 11) is 5.35. The first kappa shape index (κ1) is 35.1. The van der Waals surface area contributed by atoms with Crippen molar-refractivity contribution in [2.24, 2.45) is 0 Å². The number of alkyl halides is 9. The lowest BCUT2D eigenvalue weighted by Gasteiger charge is -2.21. The van der Waals surface area contributed by atoms with Crippen LogP contribution in [0.1, 0.15) is 39.5 Å². The molecule has 0 aliphatic carbocycles. The molecule has 5 nitrogen and oxygen atoms in total. The first-order chi connectivity index (χ1) is 16.0. The Labute approximate surface area is 201 Å². The van der Waals surface area contributed by atoms with Gasteiger partial charge in [0.1, 0.15) is 0 Å². The molecule has 0 saturated carbocycles. The van der Waals surface area contributed by atoms with Gasteiger partial charge in [-0.05, 0) is 12.8 Å². The van der Waals surface area contributed by atoms with Crippen molar-refractivity contribution >= 4 is 6.71 Å². The number of aryl methyl sites for hydroxylation is 1. The molecule has 0 aromatic carbocycles. The van der Waals surface area contributed by atoms with Crippen molar-refractivity contribution in [1.82, 2.24) is 19.4 Å². The monoisotopic (exact) mass is 528 g/mol. The van der Waals surface area contributed by atoms with E-state index in [0.717, 1.165) is 13.2 Å². The van der Waals surface area contributed by atoms with Crippen LogP contribution >= 0.6 is 0 Å². The number of aromatic nitrogens is 2. The summed E-state index contributed by atoms with van der Waals surface area (Å²) in [5, 5.41) is 0. The predicted molar refractivity (Wildman–Crippen MR) is 117 cm³/mol. The number of hydrogen-bond acceptors (Lipinski definition) is 4. The smallest absolute Gasteiger partial charge is 0.388 e. The van der Waals surface area contributed by atoms with Gasteiger partial charge in [-0.25, -0.2) is 4.98 Å². The molecular weight excluding hydrogens is 494 g/mol. The summed E-state index contributed by atoms with van der Waals surface area (Å²) >= 11 is 0. The maximum Gasteiger partial charge on any atom is 0.521 e. The van der Waals surface area contributed by atoms with Gasteiger partial charge in [0.25, 0.3) is 0 Å². The second-order valence-corrected chi connectivity index (χ2v) is 7.48. The molecule has 1 aromatic heterocycles. The number of rotatable bonds is 6. The van der Waals surface area contributed by atoms with Gasteiger partial charge in [-0.2, -0.15) is 39.5 Å². The van der Waals surface area contributed by atoms with Crippen LogP contribution in [0.15, 0.2) is 31.1 Å². The zero-order valence-electron chi connectivity index (χ0n) is 20.5. The molecule has 0 spiro atoms. The van der Waals surface area contributed by atoms with Gasteiger partial charge in [0.15, 0.2) is 0 Å².